The molecule has 0 N–H and O–H groups in total. The summed E-state index contributed by atoms with van der Waals surface area (Å²) in [5.41, 5.74) is 2.97. The number of sulfonamides is 1. The van der Waals surface area contributed by atoms with E-state index in [0.717, 1.165) is 42.3 Å². The number of aryl methyl sites for hydroxylation is 1. The highest BCUT2D eigenvalue weighted by atomic mass is 32.2. The van der Waals surface area contributed by atoms with E-state index in [2.05, 4.69) is 5.10 Å². The van der Waals surface area contributed by atoms with Crippen LogP contribution in [0.4, 0.5) is 4.39 Å². The van der Waals surface area contributed by atoms with Crippen LogP contribution < -0.4 is 0 Å². The van der Waals surface area contributed by atoms with Crippen LogP contribution in [0, 0.1) is 5.82 Å². The minimum atomic E-state index is -4.07. The van der Waals surface area contributed by atoms with Crippen molar-refractivity contribution in [1.29, 1.82) is 0 Å². The van der Waals surface area contributed by atoms with Crippen molar-refractivity contribution in [3.05, 3.63) is 71.2 Å². The lowest BCUT2D eigenvalue weighted by molar-refractivity contribution is 0.352. The molecule has 142 valence electrons. The van der Waals surface area contributed by atoms with Crippen molar-refractivity contribution in [1.82, 2.24) is 14.1 Å². The van der Waals surface area contributed by atoms with Crippen LogP contribution >= 0.6 is 0 Å². The summed E-state index contributed by atoms with van der Waals surface area (Å²) in [6.45, 7) is 0.0789. The lowest BCUT2D eigenvalue weighted by atomic mass is 10.2. The van der Waals surface area contributed by atoms with E-state index >= 15 is 0 Å². The van der Waals surface area contributed by atoms with Crippen molar-refractivity contribution < 1.29 is 17.2 Å². The van der Waals surface area contributed by atoms with E-state index in [1.54, 1.807) is 12.1 Å². The maximum absolute atomic E-state index is 14.2. The lowest BCUT2D eigenvalue weighted by Crippen LogP contribution is -2.31. The molecule has 2 aromatic heterocycles. The number of nitrogens with zero attached hydrogens (tertiary/aromatic N) is 3. The third-order valence-electron chi connectivity index (χ3n) is 4.89. The molecule has 0 radical (unpaired) electrons. The van der Waals surface area contributed by atoms with Crippen molar-refractivity contribution >= 4 is 10.0 Å². The van der Waals surface area contributed by atoms with Gasteiger partial charge in [0, 0.05) is 12.7 Å². The highest BCUT2D eigenvalue weighted by Crippen LogP contribution is 2.28. The number of rotatable bonds is 6. The maximum atomic E-state index is 14.2. The molecule has 0 aliphatic heterocycles. The van der Waals surface area contributed by atoms with Gasteiger partial charge in [-0.25, -0.2) is 12.8 Å². The molecule has 0 unspecified atom stereocenters. The van der Waals surface area contributed by atoms with Crippen molar-refractivity contribution in [2.45, 2.75) is 37.2 Å². The Morgan fingerprint density at radius 2 is 2.00 bits per heavy atom. The normalized spacial score (nSPS) is 14.0. The molecule has 6 nitrogen and oxygen atoms in total. The molecule has 8 heteroatoms. The Balaban J connectivity index is 1.74. The Hall–Kier alpha value is -2.45. The van der Waals surface area contributed by atoms with Gasteiger partial charge >= 0.3 is 0 Å². The molecule has 0 bridgehead atoms. The van der Waals surface area contributed by atoms with Crippen LogP contribution in [0.15, 0.2) is 52.0 Å². The van der Waals surface area contributed by atoms with E-state index in [9.17, 15) is 12.8 Å². The molecule has 0 atom stereocenters. The predicted molar refractivity (Wildman–Crippen MR) is 96.8 cm³/mol. The van der Waals surface area contributed by atoms with Gasteiger partial charge in [-0.1, -0.05) is 12.1 Å². The Morgan fingerprint density at radius 1 is 1.19 bits per heavy atom. The summed E-state index contributed by atoms with van der Waals surface area (Å²) < 4.78 is 49.0. The van der Waals surface area contributed by atoms with E-state index in [0.29, 0.717) is 5.76 Å². The fourth-order valence-electron chi connectivity index (χ4n) is 3.59. The van der Waals surface area contributed by atoms with E-state index in [1.807, 2.05) is 11.7 Å². The summed E-state index contributed by atoms with van der Waals surface area (Å²) in [5, 5.41) is 4.52. The van der Waals surface area contributed by atoms with Crippen LogP contribution in [0.25, 0.3) is 0 Å². The second-order valence-corrected chi connectivity index (χ2v) is 8.54. The molecule has 27 heavy (non-hydrogen) atoms. The number of hydrogen-bond donors (Lipinski definition) is 0. The third-order valence-corrected chi connectivity index (χ3v) is 6.72. The zero-order valence-corrected chi connectivity index (χ0v) is 15.7. The number of fused-ring (bicyclic) bond motifs is 1. The van der Waals surface area contributed by atoms with Crippen molar-refractivity contribution in [2.24, 2.45) is 7.05 Å². The molecule has 0 fully saturated rings. The quantitative estimate of drug-likeness (QED) is 0.650. The van der Waals surface area contributed by atoms with Crippen LogP contribution in [0.5, 0.6) is 0 Å². The molecule has 1 aliphatic carbocycles. The monoisotopic (exact) mass is 389 g/mol. The SMILES string of the molecule is Cn1nc(CN(Cc2ccco2)S(=O)(=O)c2ccccc2F)c2c1CCC2. The number of aromatic nitrogens is 2. The first-order valence-corrected chi connectivity index (χ1v) is 10.2. The average molecular weight is 389 g/mol. The van der Waals surface area contributed by atoms with Gasteiger partial charge < -0.3 is 4.42 Å². The van der Waals surface area contributed by atoms with Crippen LogP contribution in [0.3, 0.4) is 0 Å². The predicted octanol–water partition coefficient (Wildman–Crippen LogP) is 3.03. The van der Waals surface area contributed by atoms with Crippen LogP contribution in [-0.2, 0) is 43.0 Å². The Kier molecular flexibility index (Phi) is 4.61. The molecule has 3 aromatic rings. The summed E-state index contributed by atoms with van der Waals surface area (Å²) in [7, 11) is -2.19. The maximum Gasteiger partial charge on any atom is 0.246 e. The smallest absolute Gasteiger partial charge is 0.246 e. The van der Waals surface area contributed by atoms with Crippen molar-refractivity contribution in [3.63, 3.8) is 0 Å². The average Bonchev–Trinajstić information content (AvgIpc) is 3.36. The molecule has 4 rings (SSSR count). The number of benzene rings is 1. The standard InChI is InChI=1S/C19H20FN3O3S/c1-22-18-9-4-7-15(18)17(21-22)13-23(12-14-6-5-11-26-14)27(24,25)19-10-3-2-8-16(19)20/h2-3,5-6,8,10-11H,4,7,9,12-13H2,1H3. The summed E-state index contributed by atoms with van der Waals surface area (Å²) in [4.78, 5) is -0.343. The van der Waals surface area contributed by atoms with Gasteiger partial charge in [0.25, 0.3) is 0 Å². The molecule has 1 aliphatic rings. The second-order valence-electron chi connectivity index (χ2n) is 6.63. The first kappa shape index (κ1) is 17.9. The zero-order chi connectivity index (χ0) is 19.0. The van der Waals surface area contributed by atoms with Gasteiger partial charge in [0.2, 0.25) is 10.0 Å². The first-order chi connectivity index (χ1) is 13.0. The number of hydrogen-bond acceptors (Lipinski definition) is 4. The Morgan fingerprint density at radius 3 is 2.74 bits per heavy atom. The largest absolute Gasteiger partial charge is 0.468 e. The topological polar surface area (TPSA) is 68.3 Å². The first-order valence-electron chi connectivity index (χ1n) is 8.77. The van der Waals surface area contributed by atoms with Crippen LogP contribution in [0.2, 0.25) is 0 Å². The fraction of sp³-hybridized carbons (Fsp3) is 0.316. The molecule has 1 aromatic carbocycles. The van der Waals surface area contributed by atoms with Crippen molar-refractivity contribution in [3.8, 4) is 0 Å². The van der Waals surface area contributed by atoms with Gasteiger partial charge in [-0.05, 0) is 49.1 Å². The number of halogens is 1. The number of furan rings is 1. The Bertz CT molecular complexity index is 1060. The minimum absolute atomic E-state index is 0.00894. The molecular formula is C19H20FN3O3S. The highest BCUT2D eigenvalue weighted by molar-refractivity contribution is 7.89. The summed E-state index contributed by atoms with van der Waals surface area (Å²) >= 11 is 0. The van der Waals surface area contributed by atoms with Gasteiger partial charge in [0.1, 0.15) is 16.5 Å². The van der Waals surface area contributed by atoms with E-state index in [1.165, 1.54) is 28.8 Å². The van der Waals surface area contributed by atoms with Gasteiger partial charge in [-0.2, -0.15) is 9.40 Å². The molecule has 0 saturated carbocycles. The van der Waals surface area contributed by atoms with Gasteiger partial charge in [-0.15, -0.1) is 0 Å². The minimum Gasteiger partial charge on any atom is -0.468 e. The summed E-state index contributed by atoms with van der Waals surface area (Å²) in [6.07, 6.45) is 4.35. The Labute approximate surface area is 157 Å². The zero-order valence-electron chi connectivity index (χ0n) is 14.9. The van der Waals surface area contributed by atoms with E-state index < -0.39 is 15.8 Å². The van der Waals surface area contributed by atoms with E-state index in [4.69, 9.17) is 4.42 Å². The molecule has 0 amide bonds. The van der Waals surface area contributed by atoms with Gasteiger partial charge in [0.05, 0.1) is 25.0 Å². The molecular weight excluding hydrogens is 369 g/mol. The molecule has 0 spiro atoms. The highest BCUT2D eigenvalue weighted by Gasteiger charge is 2.31. The van der Waals surface area contributed by atoms with Gasteiger partial charge in [0.15, 0.2) is 0 Å². The fourth-order valence-corrected chi connectivity index (χ4v) is 5.02. The van der Waals surface area contributed by atoms with Crippen molar-refractivity contribution in [2.75, 3.05) is 0 Å². The molecule has 2 heterocycles. The third kappa shape index (κ3) is 3.30. The summed E-state index contributed by atoms with van der Waals surface area (Å²) in [6, 6.07) is 8.81. The molecule has 0 saturated heterocycles. The van der Waals surface area contributed by atoms with Gasteiger partial charge in [-0.3, -0.25) is 4.68 Å². The van der Waals surface area contributed by atoms with Crippen LogP contribution in [-0.4, -0.2) is 22.5 Å². The lowest BCUT2D eigenvalue weighted by Gasteiger charge is -2.21. The van der Waals surface area contributed by atoms with Crippen LogP contribution in [0.1, 0.15) is 29.1 Å². The summed E-state index contributed by atoms with van der Waals surface area (Å²) in [5.74, 6) is -0.282. The van der Waals surface area contributed by atoms with E-state index in [-0.39, 0.29) is 18.0 Å². The second kappa shape index (κ2) is 6.94.